The number of hydrogen-bond donors (Lipinski definition) is 2. The van der Waals surface area contributed by atoms with E-state index >= 15 is 0 Å². The van der Waals surface area contributed by atoms with Crippen molar-refractivity contribution >= 4 is 29.5 Å². The molecule has 0 atom stereocenters. The molecule has 2 amide bonds. The molecule has 0 fully saturated rings. The Morgan fingerprint density at radius 1 is 1.12 bits per heavy atom. The van der Waals surface area contributed by atoms with Gasteiger partial charge >= 0.3 is 6.03 Å². The summed E-state index contributed by atoms with van der Waals surface area (Å²) in [6.07, 6.45) is 1.43. The molecule has 2 aromatic carbocycles. The Labute approximate surface area is 150 Å². The third-order valence-corrected chi connectivity index (χ3v) is 3.88. The second kappa shape index (κ2) is 7.68. The monoisotopic (exact) mass is 353 g/mol. The summed E-state index contributed by atoms with van der Waals surface area (Å²) in [6, 6.07) is 18.0. The number of carbonyl (C=O) groups is 1. The maximum Gasteiger partial charge on any atom is 0.339 e. The first kappa shape index (κ1) is 16.8. The molecule has 0 radical (unpaired) electrons. The second-order valence-corrected chi connectivity index (χ2v) is 5.76. The molecule has 1 aromatic heterocycles. The van der Waals surface area contributed by atoms with Crippen molar-refractivity contribution in [3.8, 4) is 11.3 Å². The minimum Gasteiger partial charge on any atom is -0.455 e. The van der Waals surface area contributed by atoms with Crippen LogP contribution in [0.15, 0.2) is 70.2 Å². The number of aryl methyl sites for hydroxylation is 1. The smallest absolute Gasteiger partial charge is 0.339 e. The Bertz CT molecular complexity index is 904. The lowest BCUT2D eigenvalue weighted by Crippen LogP contribution is -2.24. The maximum absolute atomic E-state index is 11.7. The molecular weight excluding hydrogens is 338 g/mol. The van der Waals surface area contributed by atoms with Gasteiger partial charge in [-0.15, -0.1) is 0 Å². The molecule has 0 bridgehead atoms. The zero-order chi connectivity index (χ0) is 17.6. The molecule has 25 heavy (non-hydrogen) atoms. The van der Waals surface area contributed by atoms with Gasteiger partial charge in [0.25, 0.3) is 0 Å². The van der Waals surface area contributed by atoms with Crippen molar-refractivity contribution in [3.05, 3.63) is 77.0 Å². The van der Waals surface area contributed by atoms with Gasteiger partial charge < -0.3 is 9.73 Å². The number of hydrogen-bond acceptors (Lipinski definition) is 3. The van der Waals surface area contributed by atoms with Crippen LogP contribution in [0.4, 0.5) is 10.5 Å². The standard InChI is InChI=1S/C19H16ClN3O2/c1-13-7-8-14(11-17(13)20)18-10-9-16(25-18)12-21-23-19(24)22-15-5-3-2-4-6-15/h2-12H,1H3,(H2,22,23,24)/b21-12-. The van der Waals surface area contributed by atoms with E-state index in [0.717, 1.165) is 11.1 Å². The number of carbonyl (C=O) groups excluding carboxylic acids is 1. The van der Waals surface area contributed by atoms with Crippen molar-refractivity contribution in [2.24, 2.45) is 5.10 Å². The quantitative estimate of drug-likeness (QED) is 0.508. The lowest BCUT2D eigenvalue weighted by Gasteiger charge is -2.02. The van der Waals surface area contributed by atoms with Crippen molar-refractivity contribution in [1.29, 1.82) is 0 Å². The highest BCUT2D eigenvalue weighted by molar-refractivity contribution is 6.31. The van der Waals surface area contributed by atoms with Gasteiger partial charge in [0.2, 0.25) is 0 Å². The maximum atomic E-state index is 11.7. The topological polar surface area (TPSA) is 66.6 Å². The number of nitrogens with one attached hydrogen (secondary N) is 2. The van der Waals surface area contributed by atoms with Gasteiger partial charge in [0.05, 0.1) is 6.21 Å². The van der Waals surface area contributed by atoms with Gasteiger partial charge in [-0.2, -0.15) is 5.10 Å². The first-order valence-electron chi connectivity index (χ1n) is 7.63. The Balaban J connectivity index is 1.60. The number of urea groups is 1. The molecule has 0 aliphatic carbocycles. The molecule has 5 nitrogen and oxygen atoms in total. The Morgan fingerprint density at radius 3 is 2.68 bits per heavy atom. The number of nitrogens with zero attached hydrogens (tertiary/aromatic N) is 1. The predicted octanol–water partition coefficient (Wildman–Crippen LogP) is 5.06. The normalized spacial score (nSPS) is 10.8. The largest absolute Gasteiger partial charge is 0.455 e. The summed E-state index contributed by atoms with van der Waals surface area (Å²) >= 11 is 6.13. The van der Waals surface area contributed by atoms with Crippen LogP contribution < -0.4 is 10.7 Å². The summed E-state index contributed by atoms with van der Waals surface area (Å²) in [5.41, 5.74) is 4.96. The molecule has 0 aliphatic rings. The molecule has 3 aromatic rings. The zero-order valence-electron chi connectivity index (χ0n) is 13.5. The van der Waals surface area contributed by atoms with Crippen molar-refractivity contribution in [3.63, 3.8) is 0 Å². The Kier molecular flexibility index (Phi) is 5.16. The molecule has 0 aliphatic heterocycles. The fourth-order valence-corrected chi connectivity index (χ4v) is 2.34. The number of rotatable bonds is 4. The average Bonchev–Trinajstić information content (AvgIpc) is 3.07. The van der Waals surface area contributed by atoms with E-state index in [4.69, 9.17) is 16.0 Å². The van der Waals surface area contributed by atoms with Crippen LogP contribution >= 0.6 is 11.6 Å². The van der Waals surface area contributed by atoms with Gasteiger partial charge in [-0.25, -0.2) is 10.2 Å². The van der Waals surface area contributed by atoms with E-state index in [2.05, 4.69) is 15.8 Å². The van der Waals surface area contributed by atoms with E-state index in [-0.39, 0.29) is 0 Å². The van der Waals surface area contributed by atoms with Crippen molar-refractivity contribution < 1.29 is 9.21 Å². The average molecular weight is 354 g/mol. The SMILES string of the molecule is Cc1ccc(-c2ccc(/C=N\NC(=O)Nc3ccccc3)o2)cc1Cl. The van der Waals surface area contributed by atoms with Crippen LogP contribution in [0.5, 0.6) is 0 Å². The third-order valence-electron chi connectivity index (χ3n) is 3.47. The number of amides is 2. The van der Waals surface area contributed by atoms with Crippen LogP contribution in [0.25, 0.3) is 11.3 Å². The molecular formula is C19H16ClN3O2. The van der Waals surface area contributed by atoms with Gasteiger partial charge in [0.15, 0.2) is 0 Å². The summed E-state index contributed by atoms with van der Waals surface area (Å²) in [6.45, 7) is 1.94. The second-order valence-electron chi connectivity index (χ2n) is 5.36. The highest BCUT2D eigenvalue weighted by atomic mass is 35.5. The highest BCUT2D eigenvalue weighted by Gasteiger charge is 2.06. The third kappa shape index (κ3) is 4.49. The Morgan fingerprint density at radius 2 is 1.92 bits per heavy atom. The first-order chi connectivity index (χ1) is 12.1. The number of anilines is 1. The summed E-state index contributed by atoms with van der Waals surface area (Å²) in [4.78, 5) is 11.7. The lowest BCUT2D eigenvalue weighted by atomic mass is 10.1. The van der Waals surface area contributed by atoms with Crippen LogP contribution in [-0.4, -0.2) is 12.2 Å². The van der Waals surface area contributed by atoms with Crippen molar-refractivity contribution in [2.75, 3.05) is 5.32 Å². The van der Waals surface area contributed by atoms with E-state index in [1.807, 2.05) is 49.4 Å². The molecule has 1 heterocycles. The fourth-order valence-electron chi connectivity index (χ4n) is 2.16. The number of hydrazone groups is 1. The highest BCUT2D eigenvalue weighted by Crippen LogP contribution is 2.26. The van der Waals surface area contributed by atoms with Crippen molar-refractivity contribution in [1.82, 2.24) is 5.43 Å². The summed E-state index contributed by atoms with van der Waals surface area (Å²) in [5, 5.41) is 7.21. The molecule has 0 unspecified atom stereocenters. The van der Waals surface area contributed by atoms with Crippen LogP contribution in [0.1, 0.15) is 11.3 Å². The van der Waals surface area contributed by atoms with Gasteiger partial charge in [-0.1, -0.05) is 41.9 Å². The van der Waals surface area contributed by atoms with Crippen LogP contribution in [0, 0.1) is 6.92 Å². The number of furan rings is 1. The summed E-state index contributed by atoms with van der Waals surface area (Å²) in [5.74, 6) is 1.20. The number of halogens is 1. The van der Waals surface area contributed by atoms with Gasteiger partial charge in [0, 0.05) is 16.3 Å². The molecule has 6 heteroatoms. The predicted molar refractivity (Wildman–Crippen MR) is 100 cm³/mol. The van der Waals surface area contributed by atoms with Gasteiger partial charge in [-0.05, 0) is 42.8 Å². The van der Waals surface area contributed by atoms with Gasteiger partial charge in [-0.3, -0.25) is 0 Å². The Hall–Kier alpha value is -3.05. The summed E-state index contributed by atoms with van der Waals surface area (Å²) in [7, 11) is 0. The first-order valence-corrected chi connectivity index (χ1v) is 8.01. The van der Waals surface area contributed by atoms with E-state index < -0.39 is 6.03 Å². The van der Waals surface area contributed by atoms with Crippen LogP contribution in [0.3, 0.4) is 0 Å². The minimum absolute atomic E-state index is 0.431. The molecule has 0 saturated heterocycles. The zero-order valence-corrected chi connectivity index (χ0v) is 14.2. The summed E-state index contributed by atoms with van der Waals surface area (Å²) < 4.78 is 5.69. The van der Waals surface area contributed by atoms with Crippen LogP contribution in [-0.2, 0) is 0 Å². The molecule has 0 saturated carbocycles. The fraction of sp³-hybridized carbons (Fsp3) is 0.0526. The number of para-hydroxylation sites is 1. The number of benzene rings is 2. The van der Waals surface area contributed by atoms with E-state index in [9.17, 15) is 4.79 Å². The van der Waals surface area contributed by atoms with E-state index in [1.54, 1.807) is 18.2 Å². The molecule has 3 rings (SSSR count). The van der Waals surface area contributed by atoms with E-state index in [0.29, 0.717) is 22.2 Å². The molecule has 126 valence electrons. The molecule has 2 N–H and O–H groups in total. The van der Waals surface area contributed by atoms with Crippen molar-refractivity contribution in [2.45, 2.75) is 6.92 Å². The lowest BCUT2D eigenvalue weighted by molar-refractivity contribution is 0.252. The van der Waals surface area contributed by atoms with E-state index in [1.165, 1.54) is 6.21 Å². The van der Waals surface area contributed by atoms with Gasteiger partial charge in [0.1, 0.15) is 11.5 Å². The van der Waals surface area contributed by atoms with Crippen LogP contribution in [0.2, 0.25) is 5.02 Å². The molecule has 0 spiro atoms. The minimum atomic E-state index is -0.431.